The largest absolute Gasteiger partial charge is 0.497 e. The SMILES string of the molecule is COc1ccc(C(=O)NC2CCCN(c3cnc(C(N)=O)c(Nc4ccc(C5CCN(C=O)CC5)cc4)n3)C2)cc1. The Morgan fingerprint density at radius 1 is 1.02 bits per heavy atom. The molecule has 2 fully saturated rings. The Morgan fingerprint density at radius 3 is 2.41 bits per heavy atom. The van der Waals surface area contributed by atoms with E-state index in [1.807, 2.05) is 17.0 Å². The Balaban J connectivity index is 1.26. The van der Waals surface area contributed by atoms with Crippen LogP contribution < -0.4 is 26.0 Å². The first-order valence-corrected chi connectivity index (χ1v) is 13.9. The number of nitrogens with one attached hydrogen (secondary N) is 2. The van der Waals surface area contributed by atoms with Gasteiger partial charge in [0.2, 0.25) is 6.41 Å². The van der Waals surface area contributed by atoms with Crippen molar-refractivity contribution < 1.29 is 19.1 Å². The first kappa shape index (κ1) is 27.9. The lowest BCUT2D eigenvalue weighted by molar-refractivity contribution is -0.119. The molecule has 0 bridgehead atoms. The summed E-state index contributed by atoms with van der Waals surface area (Å²) < 4.78 is 5.17. The smallest absolute Gasteiger partial charge is 0.271 e. The highest BCUT2D eigenvalue weighted by atomic mass is 16.5. The van der Waals surface area contributed by atoms with Crippen LogP contribution in [0.3, 0.4) is 0 Å². The van der Waals surface area contributed by atoms with Crippen LogP contribution in [0.2, 0.25) is 0 Å². The van der Waals surface area contributed by atoms with E-state index < -0.39 is 5.91 Å². The number of primary amides is 1. The summed E-state index contributed by atoms with van der Waals surface area (Å²) in [5, 5.41) is 6.33. The van der Waals surface area contributed by atoms with E-state index in [2.05, 4.69) is 32.7 Å². The molecule has 4 N–H and O–H groups in total. The Bertz CT molecular complexity index is 1370. The normalized spacial score (nSPS) is 17.5. The van der Waals surface area contributed by atoms with Crippen molar-refractivity contribution >= 4 is 35.5 Å². The monoisotopic (exact) mass is 557 g/mol. The van der Waals surface area contributed by atoms with Gasteiger partial charge in [-0.25, -0.2) is 9.97 Å². The number of likely N-dealkylation sites (tertiary alicyclic amines) is 1. The Morgan fingerprint density at radius 2 is 1.76 bits per heavy atom. The molecule has 3 aromatic rings. The van der Waals surface area contributed by atoms with Gasteiger partial charge in [-0.3, -0.25) is 14.4 Å². The van der Waals surface area contributed by atoms with E-state index in [1.54, 1.807) is 37.6 Å². The van der Waals surface area contributed by atoms with Crippen molar-refractivity contribution in [2.75, 3.05) is 43.5 Å². The molecule has 2 aliphatic rings. The fraction of sp³-hybridized carbons (Fsp3) is 0.367. The third kappa shape index (κ3) is 6.74. The molecule has 0 spiro atoms. The molecule has 3 heterocycles. The van der Waals surface area contributed by atoms with Gasteiger partial charge in [-0.15, -0.1) is 0 Å². The number of benzene rings is 2. The van der Waals surface area contributed by atoms with Crippen LogP contribution in [0.4, 0.5) is 17.3 Å². The molecule has 1 atom stereocenters. The summed E-state index contributed by atoms with van der Waals surface area (Å²) in [4.78, 5) is 48.9. The van der Waals surface area contributed by atoms with E-state index in [4.69, 9.17) is 15.5 Å². The molecule has 11 nitrogen and oxygen atoms in total. The summed E-state index contributed by atoms with van der Waals surface area (Å²) >= 11 is 0. The van der Waals surface area contributed by atoms with Crippen molar-refractivity contribution in [1.82, 2.24) is 20.2 Å². The van der Waals surface area contributed by atoms with E-state index in [-0.39, 0.29) is 23.5 Å². The number of anilines is 3. The third-order valence-electron chi connectivity index (χ3n) is 7.75. The van der Waals surface area contributed by atoms with Crippen LogP contribution in [0.5, 0.6) is 5.75 Å². The maximum Gasteiger partial charge on any atom is 0.271 e. The number of carbonyl (C=O) groups is 3. The fourth-order valence-electron chi connectivity index (χ4n) is 5.43. The number of carbonyl (C=O) groups excluding carboxylic acids is 3. The molecule has 2 aromatic carbocycles. The number of amides is 3. The van der Waals surface area contributed by atoms with Crippen molar-refractivity contribution in [2.45, 2.75) is 37.6 Å². The van der Waals surface area contributed by atoms with Crippen LogP contribution in [0.15, 0.2) is 54.7 Å². The summed E-state index contributed by atoms with van der Waals surface area (Å²) in [6, 6.07) is 15.0. The number of piperidine rings is 2. The number of nitrogens with zero attached hydrogens (tertiary/aromatic N) is 4. The summed E-state index contributed by atoms with van der Waals surface area (Å²) in [7, 11) is 1.59. The summed E-state index contributed by atoms with van der Waals surface area (Å²) in [5.74, 6) is 1.16. The lowest BCUT2D eigenvalue weighted by atomic mass is 9.89. The molecule has 2 aliphatic heterocycles. The van der Waals surface area contributed by atoms with Gasteiger partial charge < -0.3 is 30.9 Å². The van der Waals surface area contributed by atoms with Crippen LogP contribution >= 0.6 is 0 Å². The minimum atomic E-state index is -0.673. The number of methoxy groups -OCH3 is 1. The predicted octanol–water partition coefficient (Wildman–Crippen LogP) is 3.06. The fourth-order valence-corrected chi connectivity index (χ4v) is 5.43. The number of hydrogen-bond acceptors (Lipinski definition) is 8. The Kier molecular flexibility index (Phi) is 8.61. The number of rotatable bonds is 9. The first-order valence-electron chi connectivity index (χ1n) is 13.9. The molecule has 5 rings (SSSR count). The van der Waals surface area contributed by atoms with Crippen LogP contribution in [-0.4, -0.2) is 72.4 Å². The van der Waals surface area contributed by atoms with E-state index >= 15 is 0 Å². The summed E-state index contributed by atoms with van der Waals surface area (Å²) in [6.07, 6.45) is 6.04. The van der Waals surface area contributed by atoms with E-state index in [9.17, 15) is 14.4 Å². The van der Waals surface area contributed by atoms with Gasteiger partial charge in [0.25, 0.3) is 11.8 Å². The molecule has 1 unspecified atom stereocenters. The highest BCUT2D eigenvalue weighted by Crippen LogP contribution is 2.29. The maximum absolute atomic E-state index is 12.8. The second-order valence-electron chi connectivity index (χ2n) is 10.4. The van der Waals surface area contributed by atoms with Gasteiger partial charge in [0.1, 0.15) is 11.6 Å². The molecule has 0 radical (unpaired) electrons. The zero-order valence-electron chi connectivity index (χ0n) is 23.1. The van der Waals surface area contributed by atoms with Crippen LogP contribution in [0, 0.1) is 0 Å². The molecule has 214 valence electrons. The summed E-state index contributed by atoms with van der Waals surface area (Å²) in [6.45, 7) is 2.84. The quantitative estimate of drug-likeness (QED) is 0.341. The van der Waals surface area contributed by atoms with Crippen molar-refractivity contribution in [3.8, 4) is 5.75 Å². The minimum Gasteiger partial charge on any atom is -0.497 e. The third-order valence-corrected chi connectivity index (χ3v) is 7.75. The molecule has 2 saturated heterocycles. The zero-order valence-corrected chi connectivity index (χ0v) is 23.1. The van der Waals surface area contributed by atoms with Crippen molar-refractivity contribution in [3.05, 3.63) is 71.5 Å². The number of aromatic nitrogens is 2. The number of hydrogen-bond donors (Lipinski definition) is 3. The van der Waals surface area contributed by atoms with Crippen molar-refractivity contribution in [1.29, 1.82) is 0 Å². The Labute approximate surface area is 239 Å². The number of nitrogens with two attached hydrogens (primary N) is 1. The van der Waals surface area contributed by atoms with Gasteiger partial charge in [0.15, 0.2) is 11.5 Å². The van der Waals surface area contributed by atoms with Gasteiger partial charge in [-0.2, -0.15) is 0 Å². The minimum absolute atomic E-state index is 0.0560. The topological polar surface area (TPSA) is 143 Å². The predicted molar refractivity (Wildman–Crippen MR) is 156 cm³/mol. The van der Waals surface area contributed by atoms with E-state index in [0.717, 1.165) is 57.4 Å². The molecule has 3 amide bonds. The second-order valence-corrected chi connectivity index (χ2v) is 10.4. The van der Waals surface area contributed by atoms with E-state index in [0.29, 0.717) is 29.6 Å². The molecule has 1 aromatic heterocycles. The number of ether oxygens (including phenoxy) is 1. The van der Waals surface area contributed by atoms with Crippen LogP contribution in [0.1, 0.15) is 58.0 Å². The Hall–Kier alpha value is -4.67. The zero-order chi connectivity index (χ0) is 28.8. The average Bonchev–Trinajstić information content (AvgIpc) is 3.01. The molecule has 0 aliphatic carbocycles. The molecule has 11 heteroatoms. The average molecular weight is 558 g/mol. The highest BCUT2D eigenvalue weighted by molar-refractivity contribution is 5.96. The van der Waals surface area contributed by atoms with Crippen LogP contribution in [0.25, 0.3) is 0 Å². The summed E-state index contributed by atoms with van der Waals surface area (Å²) in [5.41, 5.74) is 8.21. The van der Waals surface area contributed by atoms with Gasteiger partial charge >= 0.3 is 0 Å². The van der Waals surface area contributed by atoms with Crippen molar-refractivity contribution in [2.24, 2.45) is 5.73 Å². The standard InChI is InChI=1S/C30H35N7O4/c1-41-25-10-6-22(7-11-25)30(40)34-24-3-2-14-37(18-24)26-17-32-27(28(31)39)29(35-26)33-23-8-4-20(5-9-23)21-12-15-36(19-38)16-13-21/h4-11,17,19,21,24H,2-3,12-16,18H2,1H3,(H2,31,39)(H,33,35)(H,34,40). The molecule has 41 heavy (non-hydrogen) atoms. The van der Waals surface area contributed by atoms with E-state index in [1.165, 1.54) is 5.56 Å². The van der Waals surface area contributed by atoms with Gasteiger partial charge in [-0.1, -0.05) is 12.1 Å². The maximum atomic E-state index is 12.8. The van der Waals surface area contributed by atoms with Gasteiger partial charge in [0.05, 0.1) is 13.3 Å². The molecule has 0 saturated carbocycles. The van der Waals surface area contributed by atoms with Gasteiger partial charge in [-0.05, 0) is 73.6 Å². The molecular weight excluding hydrogens is 522 g/mol. The lowest BCUT2D eigenvalue weighted by Crippen LogP contribution is -2.48. The van der Waals surface area contributed by atoms with Gasteiger partial charge in [0, 0.05) is 43.5 Å². The highest BCUT2D eigenvalue weighted by Gasteiger charge is 2.25. The lowest BCUT2D eigenvalue weighted by Gasteiger charge is -2.34. The van der Waals surface area contributed by atoms with Crippen LogP contribution in [-0.2, 0) is 4.79 Å². The van der Waals surface area contributed by atoms with Crippen molar-refractivity contribution in [3.63, 3.8) is 0 Å². The second kappa shape index (κ2) is 12.7. The molecular formula is C30H35N7O4. The first-order chi connectivity index (χ1) is 19.9.